The number of nitrogens with zero attached hydrogens (tertiary/aromatic N) is 1. The number of rotatable bonds is 7. The molecule has 2 N–H and O–H groups in total. The van der Waals surface area contributed by atoms with Gasteiger partial charge in [-0.05, 0) is 64.0 Å². The molecule has 1 aliphatic carbocycles. The molecular formula is C17H35BN2. The molecule has 5 unspecified atom stereocenters. The van der Waals surface area contributed by atoms with E-state index in [1.165, 1.54) is 32.0 Å². The summed E-state index contributed by atoms with van der Waals surface area (Å²) >= 11 is 0. The van der Waals surface area contributed by atoms with Crippen LogP contribution in [0.4, 0.5) is 0 Å². The molecule has 0 aromatic rings. The van der Waals surface area contributed by atoms with Crippen molar-refractivity contribution in [1.82, 2.24) is 4.90 Å². The van der Waals surface area contributed by atoms with Crippen molar-refractivity contribution in [1.29, 1.82) is 0 Å². The van der Waals surface area contributed by atoms with Crippen LogP contribution in [0.2, 0.25) is 6.32 Å². The molecule has 0 aromatic heterocycles. The Hall–Kier alpha value is -0.275. The van der Waals surface area contributed by atoms with E-state index in [1.54, 1.807) is 0 Å². The van der Waals surface area contributed by atoms with Gasteiger partial charge >= 0.3 is 0 Å². The van der Waals surface area contributed by atoms with Crippen molar-refractivity contribution >= 4 is 7.85 Å². The van der Waals surface area contributed by atoms with Crippen LogP contribution in [0.15, 0.2) is 12.2 Å². The smallest absolute Gasteiger partial charge is 0.101 e. The second-order valence-electron chi connectivity index (χ2n) is 7.12. The summed E-state index contributed by atoms with van der Waals surface area (Å²) < 4.78 is 0. The third-order valence-electron chi connectivity index (χ3n) is 6.18. The Morgan fingerprint density at radius 2 is 2.05 bits per heavy atom. The Morgan fingerprint density at radius 3 is 2.50 bits per heavy atom. The van der Waals surface area contributed by atoms with Crippen LogP contribution in [0.3, 0.4) is 0 Å². The summed E-state index contributed by atoms with van der Waals surface area (Å²) in [7, 11) is 4.60. The number of nitrogens with two attached hydrogens (primary N) is 1. The Labute approximate surface area is 127 Å². The van der Waals surface area contributed by atoms with Gasteiger partial charge in [-0.25, -0.2) is 0 Å². The van der Waals surface area contributed by atoms with Gasteiger partial charge in [-0.2, -0.15) is 0 Å². The van der Waals surface area contributed by atoms with Crippen LogP contribution < -0.4 is 5.73 Å². The third-order valence-corrected chi connectivity index (χ3v) is 6.18. The molecule has 0 heterocycles. The number of hydrogen-bond acceptors (Lipinski definition) is 2. The summed E-state index contributed by atoms with van der Waals surface area (Å²) in [4.78, 5) is 2.57. The average Bonchev–Trinajstić information content (AvgIpc) is 2.89. The lowest BCUT2D eigenvalue weighted by Gasteiger charge is -2.44. The van der Waals surface area contributed by atoms with Gasteiger partial charge in [0.15, 0.2) is 0 Å². The molecular weight excluding hydrogens is 243 g/mol. The predicted octanol–water partition coefficient (Wildman–Crippen LogP) is 2.85. The molecule has 0 spiro atoms. The first-order valence-corrected chi connectivity index (χ1v) is 8.46. The first-order valence-electron chi connectivity index (χ1n) is 8.46. The molecule has 1 rings (SSSR count). The lowest BCUT2D eigenvalue weighted by molar-refractivity contribution is 0.0846. The first kappa shape index (κ1) is 17.8. The van der Waals surface area contributed by atoms with Crippen molar-refractivity contribution in [2.75, 3.05) is 7.05 Å². The Balaban J connectivity index is 2.82. The van der Waals surface area contributed by atoms with E-state index in [0.717, 1.165) is 17.4 Å². The van der Waals surface area contributed by atoms with Crippen molar-refractivity contribution in [3.05, 3.63) is 12.2 Å². The van der Waals surface area contributed by atoms with E-state index in [2.05, 4.69) is 47.1 Å². The van der Waals surface area contributed by atoms with Gasteiger partial charge in [0.1, 0.15) is 7.85 Å². The zero-order valence-corrected chi connectivity index (χ0v) is 14.6. The maximum atomic E-state index is 6.03. The van der Waals surface area contributed by atoms with Crippen molar-refractivity contribution in [2.24, 2.45) is 17.6 Å². The molecule has 116 valence electrons. The predicted molar refractivity (Wildman–Crippen MR) is 92.9 cm³/mol. The van der Waals surface area contributed by atoms with Crippen molar-refractivity contribution in [3.63, 3.8) is 0 Å². The molecule has 5 atom stereocenters. The van der Waals surface area contributed by atoms with Crippen LogP contribution in [0, 0.1) is 11.8 Å². The van der Waals surface area contributed by atoms with Gasteiger partial charge in [-0.15, -0.1) is 0 Å². The number of likely N-dealkylation sites (N-methyl/N-ethyl adjacent to an activating group) is 1. The zero-order chi connectivity index (χ0) is 15.5. The standard InChI is InChI=1S/C17H35BN2/c1-7-17(9-8-16(10-17)12(2)11-18)20(6)15(5)13(3)14(4)19/h12,14-16H,3,7-11,18-19H2,1-2,4-6H3. The SMILES string of the molecule is BCC(C)C1CCC(CC)(N(C)C(C)C(=C)C(C)N)C1. The van der Waals surface area contributed by atoms with E-state index in [1.807, 2.05) is 6.92 Å². The first-order chi connectivity index (χ1) is 9.29. The molecule has 2 nitrogen and oxygen atoms in total. The molecule has 20 heavy (non-hydrogen) atoms. The van der Waals surface area contributed by atoms with Gasteiger partial charge in [0, 0.05) is 17.6 Å². The fourth-order valence-electron chi connectivity index (χ4n) is 3.90. The highest BCUT2D eigenvalue weighted by atomic mass is 15.2. The summed E-state index contributed by atoms with van der Waals surface area (Å²) in [6.07, 6.45) is 6.57. The second kappa shape index (κ2) is 7.13. The fraction of sp³-hybridized carbons (Fsp3) is 0.882. The van der Waals surface area contributed by atoms with E-state index in [-0.39, 0.29) is 6.04 Å². The van der Waals surface area contributed by atoms with E-state index >= 15 is 0 Å². The summed E-state index contributed by atoms with van der Waals surface area (Å²) in [5, 5.41) is 0. The van der Waals surface area contributed by atoms with Crippen LogP contribution in [0.25, 0.3) is 0 Å². The van der Waals surface area contributed by atoms with E-state index in [9.17, 15) is 0 Å². The van der Waals surface area contributed by atoms with Crippen LogP contribution >= 0.6 is 0 Å². The van der Waals surface area contributed by atoms with Crippen molar-refractivity contribution in [2.45, 2.75) is 77.3 Å². The minimum Gasteiger partial charge on any atom is -0.324 e. The molecule has 0 amide bonds. The van der Waals surface area contributed by atoms with E-state index in [4.69, 9.17) is 5.73 Å². The molecule has 0 aromatic carbocycles. The molecule has 0 aliphatic heterocycles. The summed E-state index contributed by atoms with van der Waals surface area (Å²) in [5.74, 6) is 1.74. The summed E-state index contributed by atoms with van der Waals surface area (Å²) in [6, 6.07) is 0.443. The van der Waals surface area contributed by atoms with Gasteiger partial charge in [0.2, 0.25) is 0 Å². The zero-order valence-electron chi connectivity index (χ0n) is 14.6. The van der Waals surface area contributed by atoms with Crippen LogP contribution in [-0.2, 0) is 0 Å². The van der Waals surface area contributed by atoms with Gasteiger partial charge in [-0.3, -0.25) is 4.90 Å². The monoisotopic (exact) mass is 278 g/mol. The van der Waals surface area contributed by atoms with Gasteiger partial charge < -0.3 is 5.73 Å². The molecule has 1 fully saturated rings. The quantitative estimate of drug-likeness (QED) is 0.573. The van der Waals surface area contributed by atoms with Gasteiger partial charge in [-0.1, -0.05) is 26.7 Å². The van der Waals surface area contributed by atoms with Gasteiger partial charge in [0.05, 0.1) is 0 Å². The van der Waals surface area contributed by atoms with Crippen molar-refractivity contribution in [3.8, 4) is 0 Å². The topological polar surface area (TPSA) is 29.3 Å². The Morgan fingerprint density at radius 1 is 1.45 bits per heavy atom. The molecule has 0 radical (unpaired) electrons. The minimum atomic E-state index is 0.0770. The highest BCUT2D eigenvalue weighted by Gasteiger charge is 2.43. The maximum absolute atomic E-state index is 6.03. The Kier molecular flexibility index (Phi) is 6.34. The largest absolute Gasteiger partial charge is 0.324 e. The second-order valence-corrected chi connectivity index (χ2v) is 7.12. The fourth-order valence-corrected chi connectivity index (χ4v) is 3.90. The maximum Gasteiger partial charge on any atom is 0.101 e. The number of hydrogen-bond donors (Lipinski definition) is 1. The summed E-state index contributed by atoms with van der Waals surface area (Å²) in [6.45, 7) is 13.3. The van der Waals surface area contributed by atoms with Crippen LogP contribution in [0.5, 0.6) is 0 Å². The van der Waals surface area contributed by atoms with E-state index < -0.39 is 0 Å². The molecule has 0 saturated heterocycles. The van der Waals surface area contributed by atoms with Crippen LogP contribution in [0.1, 0.15) is 53.4 Å². The molecule has 3 heteroatoms. The highest BCUT2D eigenvalue weighted by molar-refractivity contribution is 6.08. The van der Waals surface area contributed by atoms with Crippen molar-refractivity contribution < 1.29 is 0 Å². The minimum absolute atomic E-state index is 0.0770. The average molecular weight is 278 g/mol. The molecule has 0 bridgehead atoms. The van der Waals surface area contributed by atoms with Gasteiger partial charge in [0.25, 0.3) is 0 Å². The normalized spacial score (nSPS) is 31.2. The lowest BCUT2D eigenvalue weighted by atomic mass is 9.80. The molecule has 1 aliphatic rings. The lowest BCUT2D eigenvalue weighted by Crippen LogP contribution is -2.50. The third kappa shape index (κ3) is 3.48. The highest BCUT2D eigenvalue weighted by Crippen LogP contribution is 2.45. The molecule has 1 saturated carbocycles. The Bertz CT molecular complexity index is 329. The van der Waals surface area contributed by atoms with Crippen LogP contribution in [-0.4, -0.2) is 37.4 Å². The summed E-state index contributed by atoms with van der Waals surface area (Å²) in [5.41, 5.74) is 7.54. The van der Waals surface area contributed by atoms with E-state index in [0.29, 0.717) is 11.6 Å².